The lowest BCUT2D eigenvalue weighted by Gasteiger charge is -2.30. The molecular formula is C46H66FN9O11S2. The van der Waals surface area contributed by atoms with E-state index in [-0.39, 0.29) is 36.8 Å². The van der Waals surface area contributed by atoms with Gasteiger partial charge in [0.05, 0.1) is 19.0 Å². The average molecular weight is 1000 g/mol. The first kappa shape index (κ1) is 58.9. The minimum absolute atomic E-state index is 0.0210. The van der Waals surface area contributed by atoms with Crippen LogP contribution in [0.2, 0.25) is 0 Å². The number of nitrogens with one attached hydrogen (secondary N) is 6. The number of phenolic OH excluding ortho intramolecular Hbond substituents is 1. The van der Waals surface area contributed by atoms with Crippen LogP contribution in [0.3, 0.4) is 0 Å². The normalized spacial score (nSPS) is 14.0. The topological polar surface area (TPSA) is 318 Å². The highest BCUT2D eigenvalue weighted by Gasteiger charge is 2.36. The highest BCUT2D eigenvalue weighted by Crippen LogP contribution is 2.15. The van der Waals surface area contributed by atoms with Crippen LogP contribution >= 0.6 is 25.3 Å². The molecule has 23 heteroatoms. The van der Waals surface area contributed by atoms with Crippen LogP contribution < -0.4 is 43.4 Å². The molecule has 0 aliphatic rings. The number of amides is 9. The van der Waals surface area contributed by atoms with E-state index in [2.05, 4.69) is 57.2 Å². The van der Waals surface area contributed by atoms with Crippen LogP contribution in [0.1, 0.15) is 83.8 Å². The van der Waals surface area contributed by atoms with E-state index in [1.54, 1.807) is 26.0 Å². The highest BCUT2D eigenvalue weighted by molar-refractivity contribution is 7.80. The van der Waals surface area contributed by atoms with E-state index in [1.165, 1.54) is 24.3 Å². The summed E-state index contributed by atoms with van der Waals surface area (Å²) in [7, 11) is 0. The maximum absolute atomic E-state index is 14.1. The van der Waals surface area contributed by atoms with Crippen LogP contribution in [0.25, 0.3) is 0 Å². The SMILES string of the molecule is CC[C@H](C)[C@H](NC(=O)[C@H](Cc1ccc(O)cc1)NC(=O)CCCS)C(=O)N[C@@H](CCC(N)=O)C(=O)N[C@@H](CC(N)=O)C(=O)N[C@@H](CS)C(=O)N(CC(=O)N[C@H](C=O)CC(C)C)Cc1ccc(F)cc1. The van der Waals surface area contributed by atoms with Crippen molar-refractivity contribution in [1.82, 2.24) is 36.8 Å². The fourth-order valence-electron chi connectivity index (χ4n) is 6.82. The fraction of sp³-hybridized carbons (Fsp3) is 0.522. The van der Waals surface area contributed by atoms with E-state index in [1.807, 2.05) is 13.8 Å². The van der Waals surface area contributed by atoms with Gasteiger partial charge in [0.2, 0.25) is 53.2 Å². The molecule has 380 valence electrons. The van der Waals surface area contributed by atoms with Crippen molar-refractivity contribution in [3.63, 3.8) is 0 Å². The van der Waals surface area contributed by atoms with Gasteiger partial charge in [-0.1, -0.05) is 58.4 Å². The Hall–Kier alpha value is -6.23. The number of carbonyl (C=O) groups is 10. The van der Waals surface area contributed by atoms with Gasteiger partial charge in [0.25, 0.3) is 0 Å². The quantitative estimate of drug-likeness (QED) is 0.0355. The van der Waals surface area contributed by atoms with Crippen molar-refractivity contribution in [2.45, 2.75) is 122 Å². The van der Waals surface area contributed by atoms with Crippen molar-refractivity contribution in [3.8, 4) is 5.75 Å². The predicted molar refractivity (Wildman–Crippen MR) is 259 cm³/mol. The summed E-state index contributed by atoms with van der Waals surface area (Å²) in [4.78, 5) is 133. The van der Waals surface area contributed by atoms with Gasteiger partial charge < -0.3 is 58.2 Å². The van der Waals surface area contributed by atoms with Gasteiger partial charge in [-0.15, -0.1) is 0 Å². The van der Waals surface area contributed by atoms with Gasteiger partial charge in [-0.05, 0) is 72.2 Å². The molecule has 0 bridgehead atoms. The maximum atomic E-state index is 14.1. The Kier molecular flexibility index (Phi) is 25.9. The average Bonchev–Trinajstić information content (AvgIpc) is 3.29. The first-order valence-electron chi connectivity index (χ1n) is 22.5. The number of aromatic hydroxyl groups is 1. The molecule has 0 radical (unpaired) electrons. The smallest absolute Gasteiger partial charge is 0.246 e. The molecule has 2 aromatic carbocycles. The van der Waals surface area contributed by atoms with Gasteiger partial charge in [0.1, 0.15) is 48.1 Å². The molecule has 0 saturated carbocycles. The number of rotatable bonds is 31. The molecule has 0 heterocycles. The Morgan fingerprint density at radius 2 is 1.29 bits per heavy atom. The van der Waals surface area contributed by atoms with Gasteiger partial charge in [-0.3, -0.25) is 43.2 Å². The lowest BCUT2D eigenvalue weighted by molar-refractivity contribution is -0.140. The van der Waals surface area contributed by atoms with Gasteiger partial charge in [0, 0.05) is 31.6 Å². The molecule has 69 heavy (non-hydrogen) atoms. The van der Waals surface area contributed by atoms with E-state index in [4.69, 9.17) is 11.5 Å². The summed E-state index contributed by atoms with van der Waals surface area (Å²) < 4.78 is 13.8. The lowest BCUT2D eigenvalue weighted by atomic mass is 9.96. The summed E-state index contributed by atoms with van der Waals surface area (Å²) in [6.45, 7) is 6.22. The second kappa shape index (κ2) is 30.3. The van der Waals surface area contributed by atoms with Crippen LogP contribution in [0.15, 0.2) is 48.5 Å². The van der Waals surface area contributed by atoms with Crippen LogP contribution in [0, 0.1) is 17.7 Å². The third kappa shape index (κ3) is 21.7. The molecule has 0 spiro atoms. The number of aldehydes is 1. The number of benzene rings is 2. The summed E-state index contributed by atoms with van der Waals surface area (Å²) in [6.07, 6.45) is -0.00881. The molecule has 2 aromatic rings. The Labute approximate surface area is 412 Å². The van der Waals surface area contributed by atoms with Crippen molar-refractivity contribution in [2.75, 3.05) is 18.1 Å². The zero-order valence-corrected chi connectivity index (χ0v) is 41.0. The van der Waals surface area contributed by atoms with Crippen LogP contribution in [0.5, 0.6) is 5.75 Å². The second-order valence-electron chi connectivity index (χ2n) is 17.0. The van der Waals surface area contributed by atoms with Crippen molar-refractivity contribution in [3.05, 3.63) is 65.5 Å². The molecule has 0 aliphatic carbocycles. The molecule has 7 atom stereocenters. The number of phenols is 1. The van der Waals surface area contributed by atoms with Gasteiger partial charge >= 0.3 is 0 Å². The van der Waals surface area contributed by atoms with Crippen molar-refractivity contribution in [2.24, 2.45) is 23.3 Å². The maximum Gasteiger partial charge on any atom is 0.246 e. The van der Waals surface area contributed by atoms with E-state index in [9.17, 15) is 57.4 Å². The Balaban J connectivity index is 2.41. The zero-order valence-electron chi connectivity index (χ0n) is 39.2. The molecule has 9 amide bonds. The van der Waals surface area contributed by atoms with Crippen molar-refractivity contribution in [1.29, 1.82) is 0 Å². The van der Waals surface area contributed by atoms with Gasteiger partial charge in [-0.25, -0.2) is 4.39 Å². The summed E-state index contributed by atoms with van der Waals surface area (Å²) in [6, 6.07) is 2.71. The van der Waals surface area contributed by atoms with Crippen LogP contribution in [-0.4, -0.2) is 124 Å². The van der Waals surface area contributed by atoms with E-state index in [0.29, 0.717) is 42.4 Å². The number of thiol groups is 2. The van der Waals surface area contributed by atoms with Crippen LogP contribution in [-0.2, 0) is 60.9 Å². The molecule has 0 unspecified atom stereocenters. The summed E-state index contributed by atoms with van der Waals surface area (Å²) >= 11 is 8.37. The molecule has 20 nitrogen and oxygen atoms in total. The number of halogens is 1. The van der Waals surface area contributed by atoms with E-state index in [0.717, 1.165) is 17.0 Å². The number of carbonyl (C=O) groups excluding carboxylic acids is 10. The number of primary amides is 2. The molecule has 0 fully saturated rings. The molecule has 0 saturated heterocycles. The third-order valence-corrected chi connectivity index (χ3v) is 11.4. The predicted octanol–water partition coefficient (Wildman–Crippen LogP) is 0.0832. The molecule has 11 N–H and O–H groups in total. The highest BCUT2D eigenvalue weighted by atomic mass is 32.1. The van der Waals surface area contributed by atoms with E-state index < -0.39 is 127 Å². The Morgan fingerprint density at radius 3 is 1.84 bits per heavy atom. The fourth-order valence-corrected chi connectivity index (χ4v) is 7.23. The third-order valence-electron chi connectivity index (χ3n) is 10.7. The Morgan fingerprint density at radius 1 is 0.710 bits per heavy atom. The zero-order chi connectivity index (χ0) is 51.8. The number of nitrogens with two attached hydrogens (primary N) is 2. The van der Waals surface area contributed by atoms with Gasteiger partial charge in [0.15, 0.2) is 0 Å². The summed E-state index contributed by atoms with van der Waals surface area (Å²) in [5, 5.41) is 25.0. The monoisotopic (exact) mass is 1000 g/mol. The van der Waals surface area contributed by atoms with Crippen LogP contribution in [0.4, 0.5) is 4.39 Å². The first-order valence-corrected chi connectivity index (χ1v) is 23.7. The number of nitrogens with zero attached hydrogens (tertiary/aromatic N) is 1. The molecule has 0 aliphatic heterocycles. The largest absolute Gasteiger partial charge is 0.508 e. The summed E-state index contributed by atoms with van der Waals surface area (Å²) in [5.41, 5.74) is 11.8. The second-order valence-corrected chi connectivity index (χ2v) is 17.8. The van der Waals surface area contributed by atoms with Crippen molar-refractivity contribution < 1.29 is 57.4 Å². The molecule has 0 aromatic heterocycles. The Bertz CT molecular complexity index is 2080. The van der Waals surface area contributed by atoms with Crippen molar-refractivity contribution >= 4 is 84.7 Å². The minimum atomic E-state index is -1.78. The molecular weight excluding hydrogens is 938 g/mol. The summed E-state index contributed by atoms with van der Waals surface area (Å²) in [5.74, 6) is -8.88. The first-order chi connectivity index (χ1) is 32.6. The van der Waals surface area contributed by atoms with Gasteiger partial charge in [-0.2, -0.15) is 25.3 Å². The standard InChI is InChI=1S/C46H66FN9O11S2/c1-5-27(4)41(55-44(65)34(51-39(61)7-6-18-68)20-28-10-14-32(58)15-11-28)45(66)52-33(16-17-37(48)59)42(63)53-35(21-38(49)60)43(64)54-36(25-69)46(67)56(22-29-8-12-30(47)13-9-29)23-40(62)50-31(24-57)19-26(2)3/h8-15,24,26-27,31,33-36,41,58,68-69H,5-7,16-23,25H2,1-4H3,(H2,48,59)(H2,49,60)(H,50,62)(H,51,61)(H,52,66)(H,53,63)(H,54,64)(H,55,65)/t27-,31-,33-,34-,35-,36-,41-/m0/s1. The molecule has 2 rings (SSSR count). The van der Waals surface area contributed by atoms with E-state index >= 15 is 0 Å². The number of hydrogen-bond donors (Lipinski definition) is 11. The number of hydrogen-bond acceptors (Lipinski definition) is 13. The minimum Gasteiger partial charge on any atom is -0.508 e. The lowest BCUT2D eigenvalue weighted by Crippen LogP contribution is -2.61.